The average molecular weight is 373 g/mol. The summed E-state index contributed by atoms with van der Waals surface area (Å²) in [5.41, 5.74) is 2.43. The van der Waals surface area contributed by atoms with Gasteiger partial charge in [0.15, 0.2) is 0 Å². The highest BCUT2D eigenvalue weighted by Gasteiger charge is 2.20. The zero-order chi connectivity index (χ0) is 19.2. The fraction of sp³-hybridized carbons (Fsp3) is 0.364. The molecule has 0 fully saturated rings. The lowest BCUT2D eigenvalue weighted by Crippen LogP contribution is -2.10. The summed E-state index contributed by atoms with van der Waals surface area (Å²) < 4.78 is 31.7. The summed E-state index contributed by atoms with van der Waals surface area (Å²) in [6.07, 6.45) is 4.99. The third-order valence-corrected chi connectivity index (χ3v) is 5.91. The Kier molecular flexibility index (Phi) is 7.18. The lowest BCUT2D eigenvalue weighted by atomic mass is 9.80. The maximum Gasteiger partial charge on any atom is 0.294 e. The van der Waals surface area contributed by atoms with Crippen LogP contribution in [-0.4, -0.2) is 13.0 Å². The summed E-state index contributed by atoms with van der Waals surface area (Å²) >= 11 is 0. The molecule has 0 radical (unpaired) electrons. The Bertz CT molecular complexity index is 795. The van der Waals surface area contributed by atoms with Crippen molar-refractivity contribution >= 4 is 10.1 Å². The molecule has 0 saturated carbocycles. The third-order valence-electron chi connectivity index (χ3n) is 5.04. The van der Waals surface area contributed by atoms with E-state index in [-0.39, 0.29) is 4.90 Å². The Morgan fingerprint density at radius 2 is 1.54 bits per heavy atom. The van der Waals surface area contributed by atoms with Gasteiger partial charge in [-0.15, -0.1) is 6.58 Å². The van der Waals surface area contributed by atoms with Gasteiger partial charge in [-0.1, -0.05) is 62.4 Å². The van der Waals surface area contributed by atoms with Crippen LogP contribution in [0.2, 0.25) is 0 Å². The summed E-state index contributed by atoms with van der Waals surface area (Å²) in [5.74, 6) is 1.17. The molecule has 0 amide bonds. The van der Waals surface area contributed by atoms with Gasteiger partial charge in [0.25, 0.3) is 10.1 Å². The monoisotopic (exact) mass is 372 g/mol. The van der Waals surface area contributed by atoms with Crippen LogP contribution in [-0.2, 0) is 10.1 Å². The Labute approximate surface area is 157 Å². The largest absolute Gasteiger partial charge is 0.294 e. The van der Waals surface area contributed by atoms with Crippen molar-refractivity contribution in [2.24, 2.45) is 5.92 Å². The summed E-state index contributed by atoms with van der Waals surface area (Å²) in [5, 5.41) is 0. The van der Waals surface area contributed by atoms with E-state index < -0.39 is 10.1 Å². The molecule has 2 aromatic carbocycles. The van der Waals surface area contributed by atoms with Gasteiger partial charge >= 0.3 is 0 Å². The molecule has 2 aromatic rings. The Morgan fingerprint density at radius 3 is 2.04 bits per heavy atom. The van der Waals surface area contributed by atoms with Gasteiger partial charge < -0.3 is 0 Å². The fourth-order valence-corrected chi connectivity index (χ4v) is 3.91. The van der Waals surface area contributed by atoms with Gasteiger partial charge in [0, 0.05) is 0 Å². The van der Waals surface area contributed by atoms with E-state index >= 15 is 0 Å². The van der Waals surface area contributed by atoms with Crippen molar-refractivity contribution in [1.29, 1.82) is 0 Å². The molecule has 140 valence electrons. The van der Waals surface area contributed by atoms with Gasteiger partial charge in [0.1, 0.15) is 0 Å². The molecule has 0 aliphatic heterocycles. The van der Waals surface area contributed by atoms with Crippen molar-refractivity contribution in [1.82, 2.24) is 0 Å². The first-order valence-corrected chi connectivity index (χ1v) is 10.5. The second kappa shape index (κ2) is 9.15. The maximum atomic E-state index is 11.2. The maximum absolute atomic E-state index is 11.2. The highest BCUT2D eigenvalue weighted by molar-refractivity contribution is 7.85. The molecule has 26 heavy (non-hydrogen) atoms. The van der Waals surface area contributed by atoms with Gasteiger partial charge in [0.2, 0.25) is 0 Å². The first-order chi connectivity index (χ1) is 12.3. The number of hydrogen-bond donors (Lipinski definition) is 1. The quantitative estimate of drug-likeness (QED) is 0.446. The predicted octanol–water partition coefficient (Wildman–Crippen LogP) is 5.81. The average Bonchev–Trinajstić information content (AvgIpc) is 2.65. The molecule has 3 unspecified atom stereocenters. The normalized spacial score (nSPS) is 15.2. The van der Waals surface area contributed by atoms with Crippen LogP contribution in [0.15, 0.2) is 72.1 Å². The van der Waals surface area contributed by atoms with E-state index in [0.29, 0.717) is 17.8 Å². The van der Waals surface area contributed by atoms with Gasteiger partial charge in [-0.2, -0.15) is 8.42 Å². The zero-order valence-electron chi connectivity index (χ0n) is 15.5. The SMILES string of the molecule is C=CC(C)CC(CC(CC)c1ccc(S(=O)(=O)O)cc1)c1ccccc1. The minimum Gasteiger partial charge on any atom is -0.282 e. The summed E-state index contributed by atoms with van der Waals surface area (Å²) in [7, 11) is -4.15. The first kappa shape index (κ1) is 20.4. The smallest absolute Gasteiger partial charge is 0.282 e. The van der Waals surface area contributed by atoms with Crippen molar-refractivity contribution < 1.29 is 13.0 Å². The summed E-state index contributed by atoms with van der Waals surface area (Å²) in [6.45, 7) is 8.26. The molecule has 2 rings (SSSR count). The number of rotatable bonds is 9. The lowest BCUT2D eigenvalue weighted by molar-refractivity contribution is 0.456. The van der Waals surface area contributed by atoms with E-state index in [2.05, 4.69) is 44.7 Å². The Balaban J connectivity index is 2.25. The number of benzene rings is 2. The number of allylic oxidation sites excluding steroid dienone is 1. The van der Waals surface area contributed by atoms with Crippen molar-refractivity contribution in [2.45, 2.75) is 49.8 Å². The van der Waals surface area contributed by atoms with Gasteiger partial charge in [0.05, 0.1) is 4.90 Å². The number of hydrogen-bond acceptors (Lipinski definition) is 2. The standard InChI is InChI=1S/C22H28O3S/c1-4-17(3)15-21(19-9-7-6-8-10-19)16-18(5-2)20-11-13-22(14-12-20)26(23,24)25/h4,6-14,17-18,21H,1,5,15-16H2,2-3H3,(H,23,24,25). The Morgan fingerprint density at radius 1 is 0.962 bits per heavy atom. The second-order valence-electron chi connectivity index (χ2n) is 6.94. The van der Waals surface area contributed by atoms with Crippen molar-refractivity contribution in [3.05, 3.63) is 78.4 Å². The van der Waals surface area contributed by atoms with Crippen LogP contribution in [0, 0.1) is 5.92 Å². The molecule has 0 saturated heterocycles. The minimum absolute atomic E-state index is 0.0593. The van der Waals surface area contributed by atoms with Crippen LogP contribution in [0.25, 0.3) is 0 Å². The molecule has 1 N–H and O–H groups in total. The van der Waals surface area contributed by atoms with Gasteiger partial charge in [-0.05, 0) is 60.3 Å². The summed E-state index contributed by atoms with van der Waals surface area (Å²) in [6, 6.07) is 17.1. The fourth-order valence-electron chi connectivity index (χ4n) is 3.43. The van der Waals surface area contributed by atoms with Crippen LogP contribution in [0.4, 0.5) is 0 Å². The van der Waals surface area contributed by atoms with E-state index in [1.165, 1.54) is 17.7 Å². The molecule has 0 aromatic heterocycles. The van der Waals surface area contributed by atoms with Gasteiger partial charge in [-0.3, -0.25) is 4.55 Å². The van der Waals surface area contributed by atoms with E-state index in [1.54, 1.807) is 0 Å². The molecule has 0 aliphatic rings. The molecule has 0 bridgehead atoms. The molecule has 0 spiro atoms. The van der Waals surface area contributed by atoms with E-state index in [9.17, 15) is 8.42 Å². The van der Waals surface area contributed by atoms with E-state index in [1.807, 2.05) is 24.3 Å². The minimum atomic E-state index is -4.15. The van der Waals surface area contributed by atoms with Crippen LogP contribution in [0.1, 0.15) is 56.1 Å². The Hall–Kier alpha value is -1.91. The highest BCUT2D eigenvalue weighted by atomic mass is 32.2. The molecule has 3 atom stereocenters. The molecular formula is C22H28O3S. The van der Waals surface area contributed by atoms with Crippen molar-refractivity contribution in [3.8, 4) is 0 Å². The molecular weight excluding hydrogens is 344 g/mol. The zero-order valence-corrected chi connectivity index (χ0v) is 16.3. The highest BCUT2D eigenvalue weighted by Crippen LogP contribution is 2.36. The topological polar surface area (TPSA) is 54.4 Å². The van der Waals surface area contributed by atoms with E-state index in [0.717, 1.165) is 24.8 Å². The first-order valence-electron chi connectivity index (χ1n) is 9.10. The van der Waals surface area contributed by atoms with Crippen LogP contribution in [0.5, 0.6) is 0 Å². The summed E-state index contributed by atoms with van der Waals surface area (Å²) in [4.78, 5) is -0.0593. The molecule has 0 heterocycles. The predicted molar refractivity (Wildman–Crippen MR) is 107 cm³/mol. The molecule has 4 heteroatoms. The molecule has 3 nitrogen and oxygen atoms in total. The van der Waals surface area contributed by atoms with Crippen LogP contribution in [0.3, 0.4) is 0 Å². The third kappa shape index (κ3) is 5.55. The van der Waals surface area contributed by atoms with Gasteiger partial charge in [-0.25, -0.2) is 0 Å². The lowest BCUT2D eigenvalue weighted by Gasteiger charge is -2.25. The van der Waals surface area contributed by atoms with Crippen LogP contribution < -0.4 is 0 Å². The van der Waals surface area contributed by atoms with Crippen molar-refractivity contribution in [3.63, 3.8) is 0 Å². The van der Waals surface area contributed by atoms with Crippen molar-refractivity contribution in [2.75, 3.05) is 0 Å². The molecule has 0 aliphatic carbocycles. The van der Waals surface area contributed by atoms with Crippen LogP contribution >= 0.6 is 0 Å². The van der Waals surface area contributed by atoms with E-state index in [4.69, 9.17) is 4.55 Å². The second-order valence-corrected chi connectivity index (χ2v) is 8.36.